The van der Waals surface area contributed by atoms with Crippen LogP contribution in [0.15, 0.2) is 46.0 Å². The summed E-state index contributed by atoms with van der Waals surface area (Å²) in [4.78, 5) is 11.9. The highest BCUT2D eigenvalue weighted by atomic mass is 79.9. The minimum atomic E-state index is -0.414. The number of carbonyl (C=O) groups is 1. The second-order valence-corrected chi connectivity index (χ2v) is 5.96. The number of urea groups is 1. The molecule has 0 aromatic heterocycles. The van der Waals surface area contributed by atoms with Crippen LogP contribution in [-0.2, 0) is 0 Å². The Morgan fingerprint density at radius 1 is 1.32 bits per heavy atom. The van der Waals surface area contributed by atoms with Gasteiger partial charge in [-0.15, -0.1) is 0 Å². The number of hydrazone groups is 1. The van der Waals surface area contributed by atoms with E-state index in [1.165, 1.54) is 6.21 Å². The standard InChI is InChI=1S/C18H20BrN3O3/c1-4-25-17-14(19)9-13(10-16(17)24-3)11-20-22-18(23)21-15-8-6-5-7-12(15)2/h5-11H,4H2,1-3H3,(H2,21,22,23). The van der Waals surface area contributed by atoms with Crippen molar-refractivity contribution < 1.29 is 14.3 Å². The molecule has 0 spiro atoms. The number of nitrogens with one attached hydrogen (secondary N) is 2. The number of aryl methyl sites for hydroxylation is 1. The number of rotatable bonds is 6. The van der Waals surface area contributed by atoms with Crippen molar-refractivity contribution in [3.8, 4) is 11.5 Å². The van der Waals surface area contributed by atoms with E-state index in [0.29, 0.717) is 18.1 Å². The second-order valence-electron chi connectivity index (χ2n) is 5.11. The van der Waals surface area contributed by atoms with Gasteiger partial charge in [-0.3, -0.25) is 0 Å². The van der Waals surface area contributed by atoms with Crippen molar-refractivity contribution in [1.82, 2.24) is 5.43 Å². The van der Waals surface area contributed by atoms with Crippen LogP contribution in [0.5, 0.6) is 11.5 Å². The first-order chi connectivity index (χ1) is 12.0. The molecular weight excluding hydrogens is 386 g/mol. The first-order valence-corrected chi connectivity index (χ1v) is 8.50. The number of nitrogens with zero attached hydrogens (tertiary/aromatic N) is 1. The van der Waals surface area contributed by atoms with Gasteiger partial charge in [0.25, 0.3) is 0 Å². The molecule has 0 radical (unpaired) electrons. The van der Waals surface area contributed by atoms with E-state index in [1.54, 1.807) is 13.2 Å². The van der Waals surface area contributed by atoms with Crippen molar-refractivity contribution >= 4 is 33.9 Å². The van der Waals surface area contributed by atoms with Crippen LogP contribution in [0.4, 0.5) is 10.5 Å². The number of methoxy groups -OCH3 is 1. The topological polar surface area (TPSA) is 72.0 Å². The van der Waals surface area contributed by atoms with Crippen molar-refractivity contribution in [3.05, 3.63) is 52.0 Å². The molecule has 6 nitrogen and oxygen atoms in total. The Balaban J connectivity index is 2.03. The smallest absolute Gasteiger partial charge is 0.339 e. The Hall–Kier alpha value is -2.54. The van der Waals surface area contributed by atoms with Gasteiger partial charge < -0.3 is 14.8 Å². The van der Waals surface area contributed by atoms with Crippen LogP contribution in [-0.4, -0.2) is 26.0 Å². The number of carbonyl (C=O) groups excluding carboxylic acids is 1. The van der Waals surface area contributed by atoms with Crippen molar-refractivity contribution in [3.63, 3.8) is 0 Å². The second kappa shape index (κ2) is 9.08. The van der Waals surface area contributed by atoms with E-state index < -0.39 is 6.03 Å². The van der Waals surface area contributed by atoms with Crippen LogP contribution in [0.3, 0.4) is 0 Å². The van der Waals surface area contributed by atoms with E-state index in [0.717, 1.165) is 21.3 Å². The lowest BCUT2D eigenvalue weighted by molar-refractivity contribution is 0.252. The first kappa shape index (κ1) is 18.8. The molecule has 2 aromatic rings. The zero-order valence-electron chi connectivity index (χ0n) is 14.3. The Bertz CT molecular complexity index is 778. The molecular formula is C18H20BrN3O3. The van der Waals surface area contributed by atoms with Crippen molar-refractivity contribution in [2.24, 2.45) is 5.10 Å². The van der Waals surface area contributed by atoms with Gasteiger partial charge >= 0.3 is 6.03 Å². The summed E-state index contributed by atoms with van der Waals surface area (Å²) in [5, 5.41) is 6.69. The van der Waals surface area contributed by atoms with Crippen molar-refractivity contribution in [2.75, 3.05) is 19.0 Å². The molecule has 0 heterocycles. The Kier molecular flexibility index (Phi) is 6.82. The third kappa shape index (κ3) is 5.22. The van der Waals surface area contributed by atoms with Crippen LogP contribution in [0, 0.1) is 6.92 Å². The molecule has 0 saturated heterocycles. The summed E-state index contributed by atoms with van der Waals surface area (Å²) in [5.74, 6) is 1.22. The van der Waals surface area contributed by atoms with Crippen molar-refractivity contribution in [1.29, 1.82) is 0 Å². The highest BCUT2D eigenvalue weighted by Gasteiger charge is 2.10. The number of amides is 2. The molecule has 0 aliphatic rings. The summed E-state index contributed by atoms with van der Waals surface area (Å²) in [6.45, 7) is 4.35. The monoisotopic (exact) mass is 405 g/mol. The highest BCUT2D eigenvalue weighted by Crippen LogP contribution is 2.36. The molecule has 0 saturated carbocycles. The molecule has 7 heteroatoms. The number of ether oxygens (including phenoxy) is 2. The molecule has 25 heavy (non-hydrogen) atoms. The third-order valence-corrected chi connectivity index (χ3v) is 3.90. The molecule has 2 rings (SSSR count). The van der Waals surface area contributed by atoms with Crippen LogP contribution in [0.25, 0.3) is 0 Å². The van der Waals surface area contributed by atoms with Gasteiger partial charge in [-0.2, -0.15) is 5.10 Å². The average Bonchev–Trinajstić information content (AvgIpc) is 2.59. The normalized spacial score (nSPS) is 10.6. The van der Waals surface area contributed by atoms with Gasteiger partial charge in [-0.1, -0.05) is 18.2 Å². The summed E-state index contributed by atoms with van der Waals surface area (Å²) in [6.07, 6.45) is 1.53. The lowest BCUT2D eigenvalue weighted by Gasteiger charge is -2.12. The van der Waals surface area contributed by atoms with E-state index in [2.05, 4.69) is 31.8 Å². The lowest BCUT2D eigenvalue weighted by atomic mass is 10.2. The van der Waals surface area contributed by atoms with Crippen LogP contribution >= 0.6 is 15.9 Å². The zero-order chi connectivity index (χ0) is 18.2. The summed E-state index contributed by atoms with van der Waals surface area (Å²) in [7, 11) is 1.57. The molecule has 0 aliphatic heterocycles. The van der Waals surface area contributed by atoms with E-state index in [9.17, 15) is 4.79 Å². The van der Waals surface area contributed by atoms with Gasteiger partial charge in [-0.25, -0.2) is 10.2 Å². The number of para-hydroxylation sites is 1. The van der Waals surface area contributed by atoms with Gasteiger partial charge in [0.2, 0.25) is 0 Å². The number of hydrogen-bond donors (Lipinski definition) is 2. The maximum atomic E-state index is 11.9. The van der Waals surface area contributed by atoms with E-state index in [1.807, 2.05) is 44.2 Å². The van der Waals surface area contributed by atoms with Crippen LogP contribution in [0.1, 0.15) is 18.1 Å². The lowest BCUT2D eigenvalue weighted by Crippen LogP contribution is -2.24. The maximum absolute atomic E-state index is 11.9. The fourth-order valence-corrected chi connectivity index (χ4v) is 2.70. The Morgan fingerprint density at radius 2 is 2.08 bits per heavy atom. The molecule has 0 fully saturated rings. The van der Waals surface area contributed by atoms with Gasteiger partial charge in [0.1, 0.15) is 0 Å². The molecule has 132 valence electrons. The fourth-order valence-electron chi connectivity index (χ4n) is 2.13. The Labute approximate surface area is 155 Å². The molecule has 0 aliphatic carbocycles. The quantitative estimate of drug-likeness (QED) is 0.555. The molecule has 2 N–H and O–H groups in total. The molecule has 2 amide bonds. The number of hydrogen-bond acceptors (Lipinski definition) is 4. The summed E-state index contributed by atoms with van der Waals surface area (Å²) >= 11 is 3.45. The van der Waals surface area contributed by atoms with Crippen LogP contribution in [0.2, 0.25) is 0 Å². The molecule has 0 atom stereocenters. The summed E-state index contributed by atoms with van der Waals surface area (Å²) in [5.41, 5.74) is 4.90. The van der Waals surface area contributed by atoms with Gasteiger partial charge in [-0.05, 0) is 59.1 Å². The van der Waals surface area contributed by atoms with Gasteiger partial charge in [0.15, 0.2) is 11.5 Å². The third-order valence-electron chi connectivity index (χ3n) is 3.31. The van der Waals surface area contributed by atoms with E-state index in [4.69, 9.17) is 9.47 Å². The van der Waals surface area contributed by atoms with Crippen molar-refractivity contribution in [2.45, 2.75) is 13.8 Å². The fraction of sp³-hybridized carbons (Fsp3) is 0.222. The predicted molar refractivity (Wildman–Crippen MR) is 103 cm³/mol. The number of halogens is 1. The summed E-state index contributed by atoms with van der Waals surface area (Å²) in [6, 6.07) is 10.7. The molecule has 0 unspecified atom stereocenters. The SMILES string of the molecule is CCOc1c(Br)cc(C=NNC(=O)Nc2ccccc2C)cc1OC. The number of anilines is 1. The minimum absolute atomic E-state index is 0.414. The number of benzene rings is 2. The first-order valence-electron chi connectivity index (χ1n) is 7.71. The molecule has 2 aromatic carbocycles. The average molecular weight is 406 g/mol. The minimum Gasteiger partial charge on any atom is -0.493 e. The zero-order valence-corrected chi connectivity index (χ0v) is 15.9. The maximum Gasteiger partial charge on any atom is 0.339 e. The van der Waals surface area contributed by atoms with E-state index in [-0.39, 0.29) is 0 Å². The highest BCUT2D eigenvalue weighted by molar-refractivity contribution is 9.10. The summed E-state index contributed by atoms with van der Waals surface area (Å²) < 4.78 is 11.6. The van der Waals surface area contributed by atoms with Gasteiger partial charge in [0.05, 0.1) is 24.4 Å². The van der Waals surface area contributed by atoms with E-state index >= 15 is 0 Å². The van der Waals surface area contributed by atoms with Crippen LogP contribution < -0.4 is 20.2 Å². The molecule has 0 bridgehead atoms. The predicted octanol–water partition coefficient (Wildman–Crippen LogP) is 4.32. The van der Waals surface area contributed by atoms with Gasteiger partial charge in [0, 0.05) is 5.69 Å². The Morgan fingerprint density at radius 3 is 2.76 bits per heavy atom. The largest absolute Gasteiger partial charge is 0.493 e.